The molecule has 0 aliphatic carbocycles. The summed E-state index contributed by atoms with van der Waals surface area (Å²) in [5.74, 6) is 1.23. The van der Waals surface area contributed by atoms with Crippen molar-refractivity contribution in [2.24, 2.45) is 0 Å². The highest BCUT2D eigenvalue weighted by Crippen LogP contribution is 2.35. The zero-order valence-electron chi connectivity index (χ0n) is 12.5. The van der Waals surface area contributed by atoms with E-state index in [1.807, 2.05) is 11.8 Å². The molecule has 0 amide bonds. The molecular formula is C16H25N3S. The van der Waals surface area contributed by atoms with Crippen molar-refractivity contribution in [3.05, 3.63) is 29.8 Å². The first kappa shape index (κ1) is 14.4. The maximum atomic E-state index is 3.82. The number of nitrogens with zero attached hydrogens (tertiary/aromatic N) is 2. The largest absolute Gasteiger partial charge is 0.308 e. The van der Waals surface area contributed by atoms with Gasteiger partial charge in [0.2, 0.25) is 0 Å². The molecule has 2 unspecified atom stereocenters. The van der Waals surface area contributed by atoms with Gasteiger partial charge in [-0.3, -0.25) is 4.90 Å². The van der Waals surface area contributed by atoms with Crippen LogP contribution in [-0.4, -0.2) is 61.9 Å². The van der Waals surface area contributed by atoms with Gasteiger partial charge in [-0.2, -0.15) is 0 Å². The molecule has 1 saturated heterocycles. The SMILES string of the molecule is CN1CCN(C)C(CNC2CCSc3ccccc32)C1. The fraction of sp³-hybridized carbons (Fsp3) is 0.625. The Labute approximate surface area is 126 Å². The van der Waals surface area contributed by atoms with Crippen LogP contribution < -0.4 is 5.32 Å². The second-order valence-corrected chi connectivity index (χ2v) is 7.17. The molecule has 1 fully saturated rings. The van der Waals surface area contributed by atoms with E-state index in [1.165, 1.54) is 42.3 Å². The minimum atomic E-state index is 0.535. The Bertz CT molecular complexity index is 451. The third kappa shape index (κ3) is 3.19. The highest BCUT2D eigenvalue weighted by Gasteiger charge is 2.25. The van der Waals surface area contributed by atoms with E-state index in [2.05, 4.69) is 53.5 Å². The molecule has 110 valence electrons. The summed E-state index contributed by atoms with van der Waals surface area (Å²) in [7, 11) is 4.48. The summed E-state index contributed by atoms with van der Waals surface area (Å²) in [6.07, 6.45) is 1.24. The van der Waals surface area contributed by atoms with Gasteiger partial charge in [0.15, 0.2) is 0 Å². The number of hydrogen-bond acceptors (Lipinski definition) is 4. The monoisotopic (exact) mass is 291 g/mol. The van der Waals surface area contributed by atoms with Gasteiger partial charge in [0.1, 0.15) is 0 Å². The number of thioether (sulfide) groups is 1. The van der Waals surface area contributed by atoms with Crippen molar-refractivity contribution < 1.29 is 0 Å². The van der Waals surface area contributed by atoms with Gasteiger partial charge in [-0.25, -0.2) is 0 Å². The lowest BCUT2D eigenvalue weighted by molar-refractivity contribution is 0.111. The molecule has 3 rings (SSSR count). The van der Waals surface area contributed by atoms with E-state index < -0.39 is 0 Å². The molecule has 2 atom stereocenters. The Balaban J connectivity index is 1.61. The van der Waals surface area contributed by atoms with E-state index in [0.29, 0.717) is 12.1 Å². The van der Waals surface area contributed by atoms with Crippen molar-refractivity contribution in [2.75, 3.05) is 46.0 Å². The molecule has 1 N–H and O–H groups in total. The maximum Gasteiger partial charge on any atom is 0.0345 e. The third-order valence-electron chi connectivity index (χ3n) is 4.54. The lowest BCUT2D eigenvalue weighted by Crippen LogP contribution is -2.54. The van der Waals surface area contributed by atoms with Crippen molar-refractivity contribution in [1.29, 1.82) is 0 Å². The Hall–Kier alpha value is -0.550. The maximum absolute atomic E-state index is 3.82. The first-order valence-corrected chi connectivity index (χ1v) is 8.56. The first-order chi connectivity index (χ1) is 9.74. The van der Waals surface area contributed by atoms with Gasteiger partial charge >= 0.3 is 0 Å². The molecule has 0 saturated carbocycles. The number of likely N-dealkylation sites (N-methyl/N-ethyl adjacent to an activating group) is 2. The Morgan fingerprint density at radius 1 is 1.25 bits per heavy atom. The molecule has 0 radical (unpaired) electrons. The van der Waals surface area contributed by atoms with Crippen LogP contribution in [0.2, 0.25) is 0 Å². The fourth-order valence-electron chi connectivity index (χ4n) is 3.15. The van der Waals surface area contributed by atoms with E-state index in [0.717, 1.165) is 6.54 Å². The van der Waals surface area contributed by atoms with Gasteiger partial charge in [-0.15, -0.1) is 11.8 Å². The molecule has 20 heavy (non-hydrogen) atoms. The summed E-state index contributed by atoms with van der Waals surface area (Å²) in [5, 5.41) is 3.82. The lowest BCUT2D eigenvalue weighted by Gasteiger charge is -2.39. The minimum Gasteiger partial charge on any atom is -0.308 e. The number of piperazine rings is 1. The molecule has 1 aromatic rings. The van der Waals surface area contributed by atoms with Crippen LogP contribution in [0.1, 0.15) is 18.0 Å². The normalized spacial score (nSPS) is 28.3. The predicted octanol–water partition coefficient (Wildman–Crippen LogP) is 2.06. The molecule has 2 heterocycles. The minimum absolute atomic E-state index is 0.535. The van der Waals surface area contributed by atoms with Crippen molar-refractivity contribution in [3.63, 3.8) is 0 Å². The molecule has 1 aromatic carbocycles. The van der Waals surface area contributed by atoms with Gasteiger partial charge in [0, 0.05) is 43.2 Å². The van der Waals surface area contributed by atoms with Crippen molar-refractivity contribution in [2.45, 2.75) is 23.4 Å². The fourth-order valence-corrected chi connectivity index (χ4v) is 4.28. The van der Waals surface area contributed by atoms with Crippen molar-refractivity contribution >= 4 is 11.8 Å². The van der Waals surface area contributed by atoms with E-state index in [1.54, 1.807) is 0 Å². The molecule has 0 spiro atoms. The molecule has 3 nitrogen and oxygen atoms in total. The topological polar surface area (TPSA) is 18.5 Å². The van der Waals surface area contributed by atoms with Crippen LogP contribution in [0.4, 0.5) is 0 Å². The second-order valence-electron chi connectivity index (χ2n) is 6.03. The van der Waals surface area contributed by atoms with E-state index in [9.17, 15) is 0 Å². The summed E-state index contributed by atoms with van der Waals surface area (Å²) < 4.78 is 0. The van der Waals surface area contributed by atoms with Crippen LogP contribution >= 0.6 is 11.8 Å². The number of benzene rings is 1. The van der Waals surface area contributed by atoms with Crippen molar-refractivity contribution in [1.82, 2.24) is 15.1 Å². The average molecular weight is 291 g/mol. The van der Waals surface area contributed by atoms with Gasteiger partial charge in [0.25, 0.3) is 0 Å². The second kappa shape index (κ2) is 6.48. The number of fused-ring (bicyclic) bond motifs is 1. The van der Waals surface area contributed by atoms with Crippen LogP contribution in [0.3, 0.4) is 0 Å². The van der Waals surface area contributed by atoms with Gasteiger partial charge < -0.3 is 10.2 Å². The van der Waals surface area contributed by atoms with E-state index in [-0.39, 0.29) is 0 Å². The van der Waals surface area contributed by atoms with Crippen LogP contribution in [0.25, 0.3) is 0 Å². The molecule has 0 aromatic heterocycles. The number of nitrogens with one attached hydrogen (secondary N) is 1. The smallest absolute Gasteiger partial charge is 0.0345 e. The van der Waals surface area contributed by atoms with Crippen LogP contribution in [-0.2, 0) is 0 Å². The third-order valence-corrected chi connectivity index (χ3v) is 5.66. The number of rotatable bonds is 3. The quantitative estimate of drug-likeness (QED) is 0.918. The van der Waals surface area contributed by atoms with Crippen molar-refractivity contribution in [3.8, 4) is 0 Å². The Morgan fingerprint density at radius 3 is 3.00 bits per heavy atom. The molecule has 2 aliphatic heterocycles. The van der Waals surface area contributed by atoms with E-state index >= 15 is 0 Å². The van der Waals surface area contributed by atoms with Crippen LogP contribution in [0.15, 0.2) is 29.2 Å². The highest BCUT2D eigenvalue weighted by atomic mass is 32.2. The van der Waals surface area contributed by atoms with Gasteiger partial charge in [-0.1, -0.05) is 18.2 Å². The van der Waals surface area contributed by atoms with Crippen LogP contribution in [0, 0.1) is 0 Å². The lowest BCUT2D eigenvalue weighted by atomic mass is 10.0. The standard InChI is InChI=1S/C16H25N3S/c1-18-8-9-19(2)13(12-18)11-17-15-7-10-20-16-6-4-3-5-14(15)16/h3-6,13,15,17H,7-12H2,1-2H3. The molecule has 0 bridgehead atoms. The first-order valence-electron chi connectivity index (χ1n) is 7.58. The zero-order chi connectivity index (χ0) is 13.9. The summed E-state index contributed by atoms with van der Waals surface area (Å²) in [6.45, 7) is 4.63. The predicted molar refractivity (Wildman–Crippen MR) is 86.4 cm³/mol. The van der Waals surface area contributed by atoms with Crippen LogP contribution in [0.5, 0.6) is 0 Å². The number of hydrogen-bond donors (Lipinski definition) is 1. The summed E-state index contributed by atoms with van der Waals surface area (Å²) >= 11 is 2.00. The van der Waals surface area contributed by atoms with Gasteiger partial charge in [-0.05, 0) is 37.9 Å². The Kier molecular flexibility index (Phi) is 4.66. The zero-order valence-corrected chi connectivity index (χ0v) is 13.3. The summed E-state index contributed by atoms with van der Waals surface area (Å²) in [5.41, 5.74) is 1.50. The summed E-state index contributed by atoms with van der Waals surface area (Å²) in [4.78, 5) is 6.40. The molecule has 4 heteroatoms. The molecule has 2 aliphatic rings. The molecular weight excluding hydrogens is 266 g/mol. The highest BCUT2D eigenvalue weighted by molar-refractivity contribution is 7.99. The average Bonchev–Trinajstić information content (AvgIpc) is 2.48. The van der Waals surface area contributed by atoms with Gasteiger partial charge in [0.05, 0.1) is 0 Å². The van der Waals surface area contributed by atoms with E-state index in [4.69, 9.17) is 0 Å². The summed E-state index contributed by atoms with van der Waals surface area (Å²) in [6, 6.07) is 10.0. The Morgan fingerprint density at radius 2 is 2.10 bits per heavy atom.